The van der Waals surface area contributed by atoms with Gasteiger partial charge < -0.3 is 4.52 Å². The summed E-state index contributed by atoms with van der Waals surface area (Å²) >= 11 is 1.61. The summed E-state index contributed by atoms with van der Waals surface area (Å²) in [5.41, 5.74) is 1.03. The van der Waals surface area contributed by atoms with Crippen LogP contribution in [0.3, 0.4) is 0 Å². The third-order valence-corrected chi connectivity index (χ3v) is 3.74. The molecule has 6 nitrogen and oxygen atoms in total. The third-order valence-electron chi connectivity index (χ3n) is 2.73. The van der Waals surface area contributed by atoms with Crippen molar-refractivity contribution in [3.63, 3.8) is 0 Å². The smallest absolute Gasteiger partial charge is 0.269 e. The van der Waals surface area contributed by atoms with Crippen LogP contribution in [0.4, 0.5) is 0 Å². The zero-order valence-electron chi connectivity index (χ0n) is 11.3. The van der Waals surface area contributed by atoms with Crippen molar-refractivity contribution in [1.29, 1.82) is 0 Å². The molecule has 0 aliphatic heterocycles. The Balaban J connectivity index is 1.74. The number of nitrogens with one attached hydrogen (secondary N) is 1. The van der Waals surface area contributed by atoms with Crippen LogP contribution in [-0.2, 0) is 12.8 Å². The summed E-state index contributed by atoms with van der Waals surface area (Å²) < 4.78 is 5.30. The van der Waals surface area contributed by atoms with Crippen LogP contribution in [0.5, 0.6) is 0 Å². The Labute approximate surface area is 120 Å². The first-order valence-electron chi connectivity index (χ1n) is 6.46. The predicted molar refractivity (Wildman–Crippen MR) is 75.3 cm³/mol. The van der Waals surface area contributed by atoms with Crippen LogP contribution in [0, 0.1) is 5.92 Å². The topological polar surface area (TPSA) is 80.5 Å². The molecule has 0 aromatic carbocycles. The maximum absolute atomic E-state index is 5.30. The second kappa shape index (κ2) is 5.54. The van der Waals surface area contributed by atoms with Crippen LogP contribution in [0.2, 0.25) is 0 Å². The maximum Gasteiger partial charge on any atom is 0.269 e. The minimum atomic E-state index is 0.538. The molecule has 0 aliphatic rings. The van der Waals surface area contributed by atoms with E-state index in [4.69, 9.17) is 4.52 Å². The number of aromatic nitrogens is 5. The molecule has 3 aromatic heterocycles. The van der Waals surface area contributed by atoms with Crippen molar-refractivity contribution in [1.82, 2.24) is 25.3 Å². The minimum Gasteiger partial charge on any atom is -0.333 e. The lowest BCUT2D eigenvalue weighted by Gasteiger charge is -1.97. The van der Waals surface area contributed by atoms with Crippen molar-refractivity contribution in [2.75, 3.05) is 0 Å². The molecule has 0 saturated carbocycles. The van der Waals surface area contributed by atoms with Gasteiger partial charge >= 0.3 is 0 Å². The molecule has 0 fully saturated rings. The molecular formula is C13H15N5OS. The van der Waals surface area contributed by atoms with Crippen LogP contribution in [0.1, 0.15) is 30.2 Å². The molecule has 0 bridgehead atoms. The molecule has 0 atom stereocenters. The van der Waals surface area contributed by atoms with Gasteiger partial charge in [0.2, 0.25) is 0 Å². The molecule has 0 saturated heterocycles. The van der Waals surface area contributed by atoms with Crippen molar-refractivity contribution in [3.05, 3.63) is 35.0 Å². The van der Waals surface area contributed by atoms with E-state index in [1.54, 1.807) is 23.7 Å². The van der Waals surface area contributed by atoms with Gasteiger partial charge in [0.05, 0.1) is 17.4 Å². The minimum absolute atomic E-state index is 0.538. The highest BCUT2D eigenvalue weighted by Crippen LogP contribution is 2.26. The molecule has 104 valence electrons. The molecular weight excluding hydrogens is 274 g/mol. The number of H-pyrrole nitrogens is 1. The summed E-state index contributed by atoms with van der Waals surface area (Å²) in [4.78, 5) is 9.72. The van der Waals surface area contributed by atoms with E-state index in [0.29, 0.717) is 24.1 Å². The van der Waals surface area contributed by atoms with Gasteiger partial charge in [-0.1, -0.05) is 19.0 Å². The average Bonchev–Trinajstić information content (AvgIpc) is 3.09. The molecule has 0 unspecified atom stereocenters. The first-order chi connectivity index (χ1) is 9.70. The summed E-state index contributed by atoms with van der Waals surface area (Å²) in [5, 5.41) is 11.8. The highest BCUT2D eigenvalue weighted by atomic mass is 32.1. The van der Waals surface area contributed by atoms with Crippen LogP contribution >= 0.6 is 11.3 Å². The average molecular weight is 289 g/mol. The first-order valence-corrected chi connectivity index (χ1v) is 7.27. The number of nitrogens with zero attached hydrogens (tertiary/aromatic N) is 4. The van der Waals surface area contributed by atoms with Crippen LogP contribution < -0.4 is 0 Å². The second-order valence-electron chi connectivity index (χ2n) is 5.02. The number of aromatic amines is 1. The fourth-order valence-corrected chi connectivity index (χ4v) is 2.89. The number of hydrogen-bond donors (Lipinski definition) is 1. The lowest BCUT2D eigenvalue weighted by molar-refractivity contribution is 0.424. The van der Waals surface area contributed by atoms with E-state index in [1.807, 2.05) is 6.20 Å². The van der Waals surface area contributed by atoms with Gasteiger partial charge in [0.25, 0.3) is 5.89 Å². The highest BCUT2D eigenvalue weighted by Gasteiger charge is 2.13. The zero-order valence-corrected chi connectivity index (χ0v) is 12.1. The lowest BCUT2D eigenvalue weighted by Crippen LogP contribution is -1.91. The number of thiazole rings is 1. The van der Waals surface area contributed by atoms with Crippen molar-refractivity contribution >= 4 is 11.3 Å². The molecule has 7 heteroatoms. The Morgan fingerprint density at radius 1 is 1.35 bits per heavy atom. The fraction of sp³-hybridized carbons (Fsp3) is 0.385. The summed E-state index contributed by atoms with van der Waals surface area (Å²) in [7, 11) is 0. The van der Waals surface area contributed by atoms with E-state index in [1.165, 1.54) is 0 Å². The molecule has 20 heavy (non-hydrogen) atoms. The van der Waals surface area contributed by atoms with Crippen LogP contribution in [0.15, 0.2) is 23.1 Å². The Hall–Kier alpha value is -2.02. The van der Waals surface area contributed by atoms with Gasteiger partial charge in [-0.3, -0.25) is 5.10 Å². The van der Waals surface area contributed by atoms with E-state index in [0.717, 1.165) is 21.9 Å². The van der Waals surface area contributed by atoms with Crippen molar-refractivity contribution in [3.8, 4) is 10.8 Å². The SMILES string of the molecule is CC(C)Cc1ncc(-c2nc(Cc3cn[nH]c3)no2)s1. The summed E-state index contributed by atoms with van der Waals surface area (Å²) in [6.07, 6.45) is 6.96. The number of hydrogen-bond acceptors (Lipinski definition) is 6. The maximum atomic E-state index is 5.30. The molecule has 3 aromatic rings. The van der Waals surface area contributed by atoms with Crippen molar-refractivity contribution < 1.29 is 4.52 Å². The van der Waals surface area contributed by atoms with Gasteiger partial charge in [0, 0.05) is 19.0 Å². The van der Waals surface area contributed by atoms with E-state index < -0.39 is 0 Å². The normalized spacial score (nSPS) is 11.3. The highest BCUT2D eigenvalue weighted by molar-refractivity contribution is 7.15. The molecule has 0 amide bonds. The first kappa shape index (κ1) is 13.0. The lowest BCUT2D eigenvalue weighted by atomic mass is 10.1. The standard InChI is InChI=1S/C13H15N5OS/c1-8(2)3-12-14-7-10(20-12)13-17-11(18-19-13)4-9-5-15-16-6-9/h5-8H,3-4H2,1-2H3,(H,15,16). The Morgan fingerprint density at radius 3 is 3.00 bits per heavy atom. The summed E-state index contributed by atoms with van der Waals surface area (Å²) in [6.45, 7) is 4.35. The molecule has 1 N–H and O–H groups in total. The van der Waals surface area contributed by atoms with Gasteiger partial charge in [-0.25, -0.2) is 4.98 Å². The van der Waals surface area contributed by atoms with Crippen LogP contribution in [-0.4, -0.2) is 25.3 Å². The summed E-state index contributed by atoms with van der Waals surface area (Å²) in [5.74, 6) is 1.78. The van der Waals surface area contributed by atoms with E-state index in [9.17, 15) is 0 Å². The molecule has 3 rings (SSSR count). The molecule has 0 aliphatic carbocycles. The summed E-state index contributed by atoms with van der Waals surface area (Å²) in [6, 6.07) is 0. The molecule has 0 spiro atoms. The quantitative estimate of drug-likeness (QED) is 0.781. The van der Waals surface area contributed by atoms with Gasteiger partial charge in [-0.2, -0.15) is 10.1 Å². The monoisotopic (exact) mass is 289 g/mol. The zero-order chi connectivity index (χ0) is 13.9. The Kier molecular flexibility index (Phi) is 3.60. The Bertz CT molecular complexity index is 671. The predicted octanol–water partition coefficient (Wildman–Crippen LogP) is 2.71. The molecule has 0 radical (unpaired) electrons. The fourth-order valence-electron chi connectivity index (χ4n) is 1.84. The van der Waals surface area contributed by atoms with Crippen LogP contribution in [0.25, 0.3) is 10.8 Å². The van der Waals surface area contributed by atoms with E-state index in [2.05, 4.69) is 39.2 Å². The third kappa shape index (κ3) is 2.93. The largest absolute Gasteiger partial charge is 0.333 e. The molecule has 3 heterocycles. The van der Waals surface area contributed by atoms with Gasteiger partial charge in [-0.05, 0) is 11.5 Å². The Morgan fingerprint density at radius 2 is 2.25 bits per heavy atom. The van der Waals surface area contributed by atoms with Crippen molar-refractivity contribution in [2.24, 2.45) is 5.92 Å². The number of rotatable bonds is 5. The van der Waals surface area contributed by atoms with Crippen molar-refractivity contribution in [2.45, 2.75) is 26.7 Å². The van der Waals surface area contributed by atoms with Gasteiger partial charge in [0.15, 0.2) is 5.82 Å². The van der Waals surface area contributed by atoms with Gasteiger partial charge in [0.1, 0.15) is 4.88 Å². The van der Waals surface area contributed by atoms with Gasteiger partial charge in [-0.15, -0.1) is 11.3 Å². The second-order valence-corrected chi connectivity index (χ2v) is 6.13. The van der Waals surface area contributed by atoms with E-state index >= 15 is 0 Å². The van der Waals surface area contributed by atoms with E-state index in [-0.39, 0.29) is 0 Å².